The zero-order chi connectivity index (χ0) is 36.8. The van der Waals surface area contributed by atoms with Gasteiger partial charge in [0.15, 0.2) is 0 Å². The number of carbonyl (C=O) groups excluding carboxylic acids is 1. The molecule has 6 aliphatic rings. The fourth-order valence-corrected chi connectivity index (χ4v) is 11.9. The number of amides is 1. The monoisotopic (exact) mass is 768 g/mol. The van der Waals surface area contributed by atoms with Gasteiger partial charge in [-0.1, -0.05) is 24.1 Å². The van der Waals surface area contributed by atoms with E-state index in [1.807, 2.05) is 24.3 Å². The van der Waals surface area contributed by atoms with Crippen molar-refractivity contribution >= 4 is 33.2 Å². The Morgan fingerprint density at radius 2 is 1.89 bits per heavy atom. The molecule has 2 aliphatic carbocycles. The number of halogens is 1. The van der Waals surface area contributed by atoms with Crippen LogP contribution in [0.15, 0.2) is 36.4 Å². The first-order valence-electron chi connectivity index (χ1n) is 20.1. The van der Waals surface area contributed by atoms with Crippen LogP contribution in [0.1, 0.15) is 86.7 Å². The molecule has 6 atom stereocenters. The number of anilines is 1. The lowest BCUT2D eigenvalue weighted by molar-refractivity contribution is -0.154. The second-order valence-electron chi connectivity index (χ2n) is 16.8. The van der Waals surface area contributed by atoms with E-state index in [0.717, 1.165) is 127 Å². The average molecular weight is 769 g/mol. The molecule has 53 heavy (non-hydrogen) atoms. The molecule has 4 heterocycles. The molecule has 12 heteroatoms. The predicted octanol–water partition coefficient (Wildman–Crippen LogP) is 5.90. The van der Waals surface area contributed by atoms with Crippen molar-refractivity contribution in [1.29, 1.82) is 0 Å². The van der Waals surface area contributed by atoms with Crippen molar-refractivity contribution in [3.63, 3.8) is 0 Å². The molecule has 4 fully saturated rings. The van der Waals surface area contributed by atoms with E-state index in [9.17, 15) is 13.2 Å². The molecule has 2 bridgehead atoms. The lowest BCUT2D eigenvalue weighted by Gasteiger charge is -2.54. The van der Waals surface area contributed by atoms with Crippen molar-refractivity contribution in [2.24, 2.45) is 17.8 Å². The van der Waals surface area contributed by atoms with Crippen molar-refractivity contribution in [3.8, 4) is 5.75 Å². The Morgan fingerprint density at radius 1 is 1.00 bits per heavy atom. The zero-order valence-electron chi connectivity index (χ0n) is 31.5. The van der Waals surface area contributed by atoms with E-state index >= 15 is 0 Å². The second kappa shape index (κ2) is 15.3. The summed E-state index contributed by atoms with van der Waals surface area (Å²) in [4.78, 5) is 21.3. The maximum Gasteiger partial charge on any atom is 0.264 e. The number of benzene rings is 2. The number of rotatable bonds is 4. The summed E-state index contributed by atoms with van der Waals surface area (Å²) < 4.78 is 48.7. The second-order valence-corrected chi connectivity index (χ2v) is 19.3. The van der Waals surface area contributed by atoms with Gasteiger partial charge in [-0.2, -0.15) is 0 Å². The highest BCUT2D eigenvalue weighted by atomic mass is 35.5. The van der Waals surface area contributed by atoms with Crippen LogP contribution in [0.2, 0.25) is 5.02 Å². The molecule has 2 aromatic carbocycles. The molecular weight excluding hydrogens is 712 g/mol. The Kier molecular flexibility index (Phi) is 10.8. The largest absolute Gasteiger partial charge is 0.487 e. The summed E-state index contributed by atoms with van der Waals surface area (Å²) in [6.07, 6.45) is 8.25. The zero-order valence-corrected chi connectivity index (χ0v) is 33.1. The van der Waals surface area contributed by atoms with E-state index in [1.54, 1.807) is 13.0 Å². The third-order valence-electron chi connectivity index (χ3n) is 13.6. The lowest BCUT2D eigenvalue weighted by Crippen LogP contribution is -2.63. The summed E-state index contributed by atoms with van der Waals surface area (Å²) in [6.45, 7) is 13.1. The minimum Gasteiger partial charge on any atom is -0.487 e. The van der Waals surface area contributed by atoms with Gasteiger partial charge in [-0.05, 0) is 124 Å². The molecule has 1 amide bonds. The molecule has 0 spiro atoms. The maximum absolute atomic E-state index is 13.8. The van der Waals surface area contributed by atoms with Crippen LogP contribution in [0, 0.1) is 17.8 Å². The summed E-state index contributed by atoms with van der Waals surface area (Å²) in [5, 5.41) is 0.726. The molecule has 2 saturated carbocycles. The van der Waals surface area contributed by atoms with Crippen LogP contribution in [0.25, 0.3) is 0 Å². The van der Waals surface area contributed by atoms with Crippen molar-refractivity contribution in [2.45, 2.75) is 94.6 Å². The Hall–Kier alpha value is -2.41. The van der Waals surface area contributed by atoms with Crippen molar-refractivity contribution in [2.75, 3.05) is 70.5 Å². The van der Waals surface area contributed by atoms with Crippen LogP contribution in [0.5, 0.6) is 5.75 Å². The molecule has 0 aromatic heterocycles. The molecule has 1 N–H and O–H groups in total. The number of hydrogen-bond donors (Lipinski definition) is 1. The normalized spacial score (nSPS) is 33.7. The molecule has 4 aliphatic heterocycles. The van der Waals surface area contributed by atoms with Gasteiger partial charge in [0.2, 0.25) is 10.0 Å². The number of aryl methyl sites for hydroxylation is 1. The van der Waals surface area contributed by atoms with Gasteiger partial charge >= 0.3 is 0 Å². The number of piperazine rings is 1. The molecule has 0 radical (unpaired) electrons. The highest BCUT2D eigenvalue weighted by Gasteiger charge is 2.60. The number of carbonyl (C=O) groups is 1. The highest BCUT2D eigenvalue weighted by Crippen LogP contribution is 2.54. The fraction of sp³-hybridized carbons (Fsp3) is 0.683. The van der Waals surface area contributed by atoms with E-state index in [-0.39, 0.29) is 11.5 Å². The molecule has 10 nitrogen and oxygen atoms in total. The minimum atomic E-state index is -3.90. The first-order valence-corrected chi connectivity index (χ1v) is 22.0. The number of hydrogen-bond acceptors (Lipinski definition) is 9. The maximum atomic E-state index is 13.8. The van der Waals surface area contributed by atoms with Crippen molar-refractivity contribution in [3.05, 3.63) is 58.1 Å². The Bertz CT molecular complexity index is 1780. The minimum absolute atomic E-state index is 0.00854. The molecule has 2 saturated heterocycles. The van der Waals surface area contributed by atoms with Gasteiger partial charge in [0.1, 0.15) is 12.4 Å². The summed E-state index contributed by atoms with van der Waals surface area (Å²) in [5.41, 5.74) is 3.14. The van der Waals surface area contributed by atoms with Crippen molar-refractivity contribution < 1.29 is 27.4 Å². The quantitative estimate of drug-likeness (QED) is 0.408. The molecular formula is C41H57ClN4O6S. The van der Waals surface area contributed by atoms with Gasteiger partial charge in [0.25, 0.3) is 5.91 Å². The number of ether oxygens (including phenoxy) is 3. The number of fused-ring (bicyclic) bond motifs is 5. The predicted molar refractivity (Wildman–Crippen MR) is 207 cm³/mol. The van der Waals surface area contributed by atoms with Crippen LogP contribution >= 0.6 is 11.6 Å². The van der Waals surface area contributed by atoms with E-state index in [1.165, 1.54) is 5.56 Å². The lowest BCUT2D eigenvalue weighted by atomic mass is 9.62. The number of nitrogens with one attached hydrogen (secondary N) is 1. The Balaban J connectivity index is 1.15. The third kappa shape index (κ3) is 7.60. The van der Waals surface area contributed by atoms with Crippen LogP contribution < -0.4 is 14.4 Å². The number of morpholine rings is 1. The first kappa shape index (κ1) is 37.5. The van der Waals surface area contributed by atoms with Gasteiger partial charge in [0, 0.05) is 69.0 Å². The van der Waals surface area contributed by atoms with Gasteiger partial charge < -0.3 is 19.1 Å². The van der Waals surface area contributed by atoms with E-state index < -0.39 is 20.7 Å². The first-order chi connectivity index (χ1) is 25.6. The molecule has 0 unspecified atom stereocenters. The van der Waals surface area contributed by atoms with Gasteiger partial charge in [-0.15, -0.1) is 0 Å². The summed E-state index contributed by atoms with van der Waals surface area (Å²) in [5.74, 6) is 0.898. The fourth-order valence-electron chi connectivity index (χ4n) is 10.2. The summed E-state index contributed by atoms with van der Waals surface area (Å²) in [6, 6.07) is 11.8. The number of nitrogens with zero attached hydrogens (tertiary/aromatic N) is 3. The van der Waals surface area contributed by atoms with Gasteiger partial charge in [0.05, 0.1) is 29.2 Å². The van der Waals surface area contributed by atoms with Crippen molar-refractivity contribution in [1.82, 2.24) is 14.5 Å². The summed E-state index contributed by atoms with van der Waals surface area (Å²) in [7, 11) is -3.90. The van der Waals surface area contributed by atoms with E-state index in [4.69, 9.17) is 25.8 Å². The van der Waals surface area contributed by atoms with Crippen LogP contribution in [0.4, 0.5) is 5.69 Å². The third-order valence-corrected chi connectivity index (χ3v) is 16.0. The van der Waals surface area contributed by atoms with E-state index in [2.05, 4.69) is 32.4 Å². The standard InChI is InChI=1S/C41H57ClN4O6S/c1-3-52-41(28-44-17-18-45-19-20-50-27-35(45)25-44)15-6-8-33-23-40(33,2)53(48,49)43-39(47)30-11-14-38-37(22-30)46(24-31-10-13-36(31)41)16-5-4-7-29-21-34(42)12-9-32(29)26-51-38/h9,11-12,14,21-22,31,33,35-36H,3-8,10,13,15-20,23-28H2,1-2H3,(H,43,47)/t31-,33+,35-,36+,40+,41-/m0/s1. The number of sulfonamides is 1. The molecule has 2 aromatic rings. The Labute approximate surface area is 320 Å². The van der Waals surface area contributed by atoms with E-state index in [0.29, 0.717) is 48.8 Å². The van der Waals surface area contributed by atoms with Gasteiger partial charge in [-0.3, -0.25) is 14.6 Å². The van der Waals surface area contributed by atoms with Crippen LogP contribution in [-0.2, 0) is 32.5 Å². The smallest absolute Gasteiger partial charge is 0.264 e. The topological polar surface area (TPSA) is 101 Å². The Morgan fingerprint density at radius 3 is 2.72 bits per heavy atom. The average Bonchev–Trinajstić information content (AvgIpc) is 3.81. The van der Waals surface area contributed by atoms with Crippen LogP contribution in [-0.4, -0.2) is 106 Å². The molecule has 8 rings (SSSR count). The summed E-state index contributed by atoms with van der Waals surface area (Å²) >= 11 is 6.42. The highest BCUT2D eigenvalue weighted by molar-refractivity contribution is 7.91. The molecule has 290 valence electrons. The van der Waals surface area contributed by atoms with Crippen LogP contribution in [0.3, 0.4) is 0 Å². The SMILES string of the molecule is CCO[C@]1(CN2CCN3CCOC[C@@H]3C2)CCC[C@@H]2C[C@@]2(C)S(=O)(=O)NC(=O)c2ccc3c(c2)N(CCCCc2cc(Cl)ccc2CO3)C[C@@H]2CC[C@H]21. The van der Waals surface area contributed by atoms with Gasteiger partial charge in [-0.25, -0.2) is 13.1 Å².